The van der Waals surface area contributed by atoms with E-state index in [0.29, 0.717) is 6.61 Å². The van der Waals surface area contributed by atoms with Crippen molar-refractivity contribution in [1.82, 2.24) is 9.97 Å². The molecular formula is C12H10Cl2N2O2. The molecule has 2 rings (SSSR count). The van der Waals surface area contributed by atoms with Crippen LogP contribution in [0.3, 0.4) is 0 Å². The molecule has 2 aromatic rings. The zero-order valence-corrected chi connectivity index (χ0v) is 11.1. The van der Waals surface area contributed by atoms with Gasteiger partial charge in [-0.05, 0) is 17.7 Å². The number of hydrogen-bond acceptors (Lipinski definition) is 4. The first-order valence-electron chi connectivity index (χ1n) is 5.13. The van der Waals surface area contributed by atoms with Crippen LogP contribution >= 0.6 is 23.2 Å². The molecule has 0 spiro atoms. The summed E-state index contributed by atoms with van der Waals surface area (Å²) in [5.74, 6) is 1.06. The third-order valence-electron chi connectivity index (χ3n) is 2.20. The number of methoxy groups -OCH3 is 1. The summed E-state index contributed by atoms with van der Waals surface area (Å²) >= 11 is 11.5. The first-order chi connectivity index (χ1) is 8.69. The van der Waals surface area contributed by atoms with Gasteiger partial charge in [-0.25, -0.2) is 9.97 Å². The van der Waals surface area contributed by atoms with Gasteiger partial charge in [-0.1, -0.05) is 35.3 Å². The number of nitrogens with zero attached hydrogens (tertiary/aromatic N) is 2. The van der Waals surface area contributed by atoms with Crippen molar-refractivity contribution >= 4 is 23.2 Å². The second-order valence-corrected chi connectivity index (χ2v) is 4.17. The summed E-state index contributed by atoms with van der Waals surface area (Å²) in [4.78, 5) is 7.79. The highest BCUT2D eigenvalue weighted by Gasteiger charge is 2.06. The molecule has 0 unspecified atom stereocenters. The number of benzene rings is 1. The van der Waals surface area contributed by atoms with Crippen LogP contribution in [0.1, 0.15) is 5.56 Å². The topological polar surface area (TPSA) is 44.2 Å². The average Bonchev–Trinajstić information content (AvgIpc) is 2.38. The Kier molecular flexibility index (Phi) is 4.23. The molecule has 0 fully saturated rings. The molecule has 0 atom stereocenters. The van der Waals surface area contributed by atoms with Crippen molar-refractivity contribution in [3.8, 4) is 11.6 Å². The Bertz CT molecular complexity index is 532. The molecule has 0 bridgehead atoms. The predicted octanol–water partition coefficient (Wildman–Crippen LogP) is 3.37. The van der Waals surface area contributed by atoms with Crippen LogP contribution < -0.4 is 9.47 Å². The Morgan fingerprint density at radius 3 is 2.50 bits per heavy atom. The fourth-order valence-electron chi connectivity index (χ4n) is 1.31. The van der Waals surface area contributed by atoms with Gasteiger partial charge >= 0.3 is 0 Å². The lowest BCUT2D eigenvalue weighted by atomic mass is 10.2. The molecule has 0 aliphatic carbocycles. The normalized spacial score (nSPS) is 10.2. The van der Waals surface area contributed by atoms with Crippen LogP contribution in [0.4, 0.5) is 0 Å². The van der Waals surface area contributed by atoms with Crippen molar-refractivity contribution in [3.63, 3.8) is 0 Å². The Morgan fingerprint density at radius 1 is 1.17 bits per heavy atom. The van der Waals surface area contributed by atoms with Gasteiger partial charge in [0.1, 0.15) is 17.5 Å². The van der Waals surface area contributed by atoms with Gasteiger partial charge in [-0.2, -0.15) is 0 Å². The van der Waals surface area contributed by atoms with E-state index in [0.717, 1.165) is 11.3 Å². The van der Waals surface area contributed by atoms with Crippen LogP contribution in [0.5, 0.6) is 11.6 Å². The number of ether oxygens (including phenoxy) is 2. The minimum atomic E-state index is 0.149. The molecule has 18 heavy (non-hydrogen) atoms. The first-order valence-corrected chi connectivity index (χ1v) is 5.88. The molecule has 0 amide bonds. The maximum absolute atomic E-state index is 5.84. The standard InChI is InChI=1S/C12H10Cl2N2O2/c1-17-9-4-2-8(3-5-9)7-18-12-11(14)16-10(13)6-15-12/h2-6H,7H2,1H3. The number of rotatable bonds is 4. The van der Waals surface area contributed by atoms with Gasteiger partial charge in [0.05, 0.1) is 13.3 Å². The Labute approximate surface area is 114 Å². The minimum Gasteiger partial charge on any atom is -0.497 e. The van der Waals surface area contributed by atoms with Crippen molar-refractivity contribution in [2.75, 3.05) is 7.11 Å². The number of aromatic nitrogens is 2. The van der Waals surface area contributed by atoms with E-state index in [1.807, 2.05) is 24.3 Å². The van der Waals surface area contributed by atoms with Gasteiger partial charge in [-0.3, -0.25) is 0 Å². The molecule has 0 N–H and O–H groups in total. The molecule has 0 aliphatic heterocycles. The fourth-order valence-corrected chi connectivity index (χ4v) is 1.68. The lowest BCUT2D eigenvalue weighted by Crippen LogP contribution is -1.99. The van der Waals surface area contributed by atoms with Crippen molar-refractivity contribution in [2.24, 2.45) is 0 Å². The number of hydrogen-bond donors (Lipinski definition) is 0. The first kappa shape index (κ1) is 12.9. The van der Waals surface area contributed by atoms with E-state index in [1.54, 1.807) is 7.11 Å². The SMILES string of the molecule is COc1ccc(COc2ncc(Cl)nc2Cl)cc1. The van der Waals surface area contributed by atoms with Crippen molar-refractivity contribution in [3.05, 3.63) is 46.3 Å². The molecule has 4 nitrogen and oxygen atoms in total. The predicted molar refractivity (Wildman–Crippen MR) is 69.4 cm³/mol. The molecule has 0 radical (unpaired) electrons. The van der Waals surface area contributed by atoms with Gasteiger partial charge in [0.25, 0.3) is 5.88 Å². The third-order valence-corrected chi connectivity index (χ3v) is 2.63. The molecular weight excluding hydrogens is 275 g/mol. The molecule has 6 heteroatoms. The summed E-state index contributed by atoms with van der Waals surface area (Å²) in [6.07, 6.45) is 1.39. The van der Waals surface area contributed by atoms with Crippen LogP contribution in [-0.4, -0.2) is 17.1 Å². The number of halogens is 2. The highest BCUT2D eigenvalue weighted by molar-refractivity contribution is 6.32. The largest absolute Gasteiger partial charge is 0.497 e. The van der Waals surface area contributed by atoms with E-state index in [-0.39, 0.29) is 16.2 Å². The average molecular weight is 285 g/mol. The van der Waals surface area contributed by atoms with Crippen LogP contribution in [0.2, 0.25) is 10.3 Å². The molecule has 0 saturated heterocycles. The van der Waals surface area contributed by atoms with E-state index in [1.165, 1.54) is 6.20 Å². The third kappa shape index (κ3) is 3.24. The Morgan fingerprint density at radius 2 is 1.89 bits per heavy atom. The zero-order valence-electron chi connectivity index (χ0n) is 9.56. The summed E-state index contributed by atoms with van der Waals surface area (Å²) in [5, 5.41) is 0.382. The van der Waals surface area contributed by atoms with Gasteiger partial charge in [0.2, 0.25) is 0 Å². The highest BCUT2D eigenvalue weighted by atomic mass is 35.5. The van der Waals surface area contributed by atoms with Gasteiger partial charge < -0.3 is 9.47 Å². The minimum absolute atomic E-state index is 0.149. The smallest absolute Gasteiger partial charge is 0.252 e. The van der Waals surface area contributed by atoms with Gasteiger partial charge in [0, 0.05) is 0 Å². The van der Waals surface area contributed by atoms with Crippen LogP contribution in [0, 0.1) is 0 Å². The fraction of sp³-hybridized carbons (Fsp3) is 0.167. The molecule has 1 aromatic carbocycles. The Hall–Kier alpha value is -1.52. The maximum Gasteiger partial charge on any atom is 0.252 e. The molecule has 1 aromatic heterocycles. The van der Waals surface area contributed by atoms with E-state index in [9.17, 15) is 0 Å². The highest BCUT2D eigenvalue weighted by Crippen LogP contribution is 2.22. The van der Waals surface area contributed by atoms with Crippen molar-refractivity contribution < 1.29 is 9.47 Å². The summed E-state index contributed by atoms with van der Waals surface area (Å²) in [6.45, 7) is 0.347. The summed E-state index contributed by atoms with van der Waals surface area (Å²) in [7, 11) is 1.62. The molecule has 94 valence electrons. The lowest BCUT2D eigenvalue weighted by molar-refractivity contribution is 0.292. The van der Waals surface area contributed by atoms with Crippen LogP contribution in [0.25, 0.3) is 0 Å². The van der Waals surface area contributed by atoms with Gasteiger partial charge in [0.15, 0.2) is 5.15 Å². The summed E-state index contributed by atoms with van der Waals surface area (Å²) in [5.41, 5.74) is 0.976. The van der Waals surface area contributed by atoms with E-state index >= 15 is 0 Å². The summed E-state index contributed by atoms with van der Waals surface area (Å²) < 4.78 is 10.5. The van der Waals surface area contributed by atoms with Gasteiger partial charge in [-0.15, -0.1) is 0 Å². The van der Waals surface area contributed by atoms with E-state index in [4.69, 9.17) is 32.7 Å². The second kappa shape index (κ2) is 5.89. The van der Waals surface area contributed by atoms with Crippen LogP contribution in [0.15, 0.2) is 30.5 Å². The maximum atomic E-state index is 5.84. The van der Waals surface area contributed by atoms with Crippen LogP contribution in [-0.2, 0) is 6.61 Å². The monoisotopic (exact) mass is 284 g/mol. The zero-order chi connectivity index (χ0) is 13.0. The van der Waals surface area contributed by atoms with E-state index in [2.05, 4.69) is 9.97 Å². The van der Waals surface area contributed by atoms with E-state index < -0.39 is 0 Å². The molecule has 0 saturated carbocycles. The Balaban J connectivity index is 2.02. The van der Waals surface area contributed by atoms with Crippen molar-refractivity contribution in [2.45, 2.75) is 6.61 Å². The lowest BCUT2D eigenvalue weighted by Gasteiger charge is -2.07. The quantitative estimate of drug-likeness (QED) is 0.864. The second-order valence-electron chi connectivity index (χ2n) is 3.43. The molecule has 0 aliphatic rings. The molecule has 1 heterocycles. The van der Waals surface area contributed by atoms with Crippen molar-refractivity contribution in [1.29, 1.82) is 0 Å². The summed E-state index contributed by atoms with van der Waals surface area (Å²) in [6, 6.07) is 7.51.